The number of rotatable bonds is 1. The van der Waals surface area contributed by atoms with Crippen molar-refractivity contribution in [3.8, 4) is 0 Å². The third kappa shape index (κ3) is 1.75. The molecule has 3 rings (SSSR count). The lowest BCUT2D eigenvalue weighted by molar-refractivity contribution is 0.551. The van der Waals surface area contributed by atoms with Crippen molar-refractivity contribution in [3.63, 3.8) is 0 Å². The summed E-state index contributed by atoms with van der Waals surface area (Å²) in [4.78, 5) is 0. The van der Waals surface area contributed by atoms with Crippen LogP contribution >= 0.6 is 0 Å². The Kier molecular flexibility index (Phi) is 2.68. The van der Waals surface area contributed by atoms with E-state index in [9.17, 15) is 4.39 Å². The number of hydrogen-bond acceptors (Lipinski definition) is 1. The molecular formula is C14H18FN. The summed E-state index contributed by atoms with van der Waals surface area (Å²) in [6, 6.07) is 4.16. The number of hydrogen-bond donors (Lipinski definition) is 1. The van der Waals surface area contributed by atoms with Crippen LogP contribution in [0.3, 0.4) is 0 Å². The van der Waals surface area contributed by atoms with Gasteiger partial charge in [-0.25, -0.2) is 4.39 Å². The molecule has 0 amide bonds. The predicted molar refractivity (Wildman–Crippen MR) is 63.0 cm³/mol. The Morgan fingerprint density at radius 2 is 1.81 bits per heavy atom. The second-order valence-corrected chi connectivity index (χ2v) is 5.00. The largest absolute Gasteiger partial charge is 0.310 e. The highest BCUT2D eigenvalue weighted by Gasteiger charge is 2.22. The summed E-state index contributed by atoms with van der Waals surface area (Å²) in [5, 5.41) is 3.38. The number of fused-ring (bicyclic) bond motifs is 1. The van der Waals surface area contributed by atoms with E-state index in [2.05, 4.69) is 11.4 Å². The highest BCUT2D eigenvalue weighted by atomic mass is 19.1. The summed E-state index contributed by atoms with van der Waals surface area (Å²) in [6.45, 7) is 1.03. The molecule has 1 saturated heterocycles. The standard InChI is InChI=1S/C14H18FN/c15-13-9-11-5-2-1-4-10(11)8-12(13)14-6-3-7-16-14/h8-9,14,16H,1-7H2. The van der Waals surface area contributed by atoms with Crippen LogP contribution in [-0.4, -0.2) is 6.54 Å². The Morgan fingerprint density at radius 3 is 2.50 bits per heavy atom. The van der Waals surface area contributed by atoms with Gasteiger partial charge in [0.15, 0.2) is 0 Å². The van der Waals surface area contributed by atoms with E-state index in [0.717, 1.165) is 31.4 Å². The molecule has 1 nitrogen and oxygen atoms in total. The molecular weight excluding hydrogens is 201 g/mol. The SMILES string of the molecule is Fc1cc2c(cc1C1CCCN1)CCCC2. The van der Waals surface area contributed by atoms with Gasteiger partial charge in [-0.3, -0.25) is 0 Å². The summed E-state index contributed by atoms with van der Waals surface area (Å²) < 4.78 is 14.0. The molecule has 1 fully saturated rings. The van der Waals surface area contributed by atoms with E-state index in [0.29, 0.717) is 0 Å². The van der Waals surface area contributed by atoms with Gasteiger partial charge in [-0.1, -0.05) is 6.07 Å². The maximum Gasteiger partial charge on any atom is 0.128 e. The van der Waals surface area contributed by atoms with Gasteiger partial charge in [0, 0.05) is 11.6 Å². The fourth-order valence-corrected chi connectivity index (χ4v) is 2.99. The van der Waals surface area contributed by atoms with Crippen LogP contribution in [0, 0.1) is 5.82 Å². The minimum Gasteiger partial charge on any atom is -0.310 e. The average Bonchev–Trinajstić information content (AvgIpc) is 2.81. The van der Waals surface area contributed by atoms with Gasteiger partial charge in [0.25, 0.3) is 0 Å². The van der Waals surface area contributed by atoms with Crippen LogP contribution in [0.2, 0.25) is 0 Å². The van der Waals surface area contributed by atoms with Crippen molar-refractivity contribution in [1.29, 1.82) is 0 Å². The predicted octanol–water partition coefficient (Wildman–Crippen LogP) is 3.13. The summed E-state index contributed by atoms with van der Waals surface area (Å²) in [7, 11) is 0. The summed E-state index contributed by atoms with van der Waals surface area (Å²) >= 11 is 0. The van der Waals surface area contributed by atoms with E-state index in [1.54, 1.807) is 6.07 Å². The Bertz CT molecular complexity index is 394. The molecule has 1 aliphatic carbocycles. The Balaban J connectivity index is 1.98. The van der Waals surface area contributed by atoms with Gasteiger partial charge in [-0.2, -0.15) is 0 Å². The van der Waals surface area contributed by atoms with E-state index in [4.69, 9.17) is 0 Å². The number of halogens is 1. The zero-order valence-corrected chi connectivity index (χ0v) is 9.56. The first-order chi connectivity index (χ1) is 7.84. The van der Waals surface area contributed by atoms with Crippen LogP contribution in [0.15, 0.2) is 12.1 Å². The first-order valence-electron chi connectivity index (χ1n) is 6.39. The smallest absolute Gasteiger partial charge is 0.128 e. The zero-order valence-electron chi connectivity index (χ0n) is 9.56. The normalized spacial score (nSPS) is 24.4. The minimum atomic E-state index is 0.0000463. The molecule has 0 bridgehead atoms. The van der Waals surface area contributed by atoms with Gasteiger partial charge in [-0.15, -0.1) is 0 Å². The molecule has 1 N–H and O–H groups in total. The minimum absolute atomic E-state index is 0.0000463. The molecule has 1 aromatic carbocycles. The third-order valence-corrected chi connectivity index (χ3v) is 3.90. The van der Waals surface area contributed by atoms with Gasteiger partial charge >= 0.3 is 0 Å². The fraction of sp³-hybridized carbons (Fsp3) is 0.571. The molecule has 16 heavy (non-hydrogen) atoms. The molecule has 86 valence electrons. The Hall–Kier alpha value is -0.890. The van der Waals surface area contributed by atoms with Crippen LogP contribution in [0.25, 0.3) is 0 Å². The number of aryl methyl sites for hydroxylation is 2. The lowest BCUT2D eigenvalue weighted by Gasteiger charge is -2.20. The zero-order chi connectivity index (χ0) is 11.0. The van der Waals surface area contributed by atoms with Crippen molar-refractivity contribution in [2.75, 3.05) is 6.54 Å². The van der Waals surface area contributed by atoms with Gasteiger partial charge in [0.2, 0.25) is 0 Å². The maximum atomic E-state index is 14.0. The monoisotopic (exact) mass is 219 g/mol. The summed E-state index contributed by atoms with van der Waals surface area (Å²) in [5.41, 5.74) is 3.53. The van der Waals surface area contributed by atoms with Gasteiger partial charge in [0.1, 0.15) is 5.82 Å². The molecule has 0 spiro atoms. The third-order valence-electron chi connectivity index (χ3n) is 3.90. The Morgan fingerprint density at radius 1 is 1.06 bits per heavy atom. The molecule has 0 saturated carbocycles. The highest BCUT2D eigenvalue weighted by Crippen LogP contribution is 2.30. The second kappa shape index (κ2) is 4.17. The van der Waals surface area contributed by atoms with Gasteiger partial charge in [-0.05, 0) is 62.3 Å². The van der Waals surface area contributed by atoms with Crippen molar-refractivity contribution in [3.05, 3.63) is 34.6 Å². The van der Waals surface area contributed by atoms with Crippen molar-refractivity contribution in [2.24, 2.45) is 0 Å². The van der Waals surface area contributed by atoms with Crippen LogP contribution < -0.4 is 5.32 Å². The molecule has 0 radical (unpaired) electrons. The van der Waals surface area contributed by atoms with Crippen molar-refractivity contribution in [1.82, 2.24) is 5.32 Å². The topological polar surface area (TPSA) is 12.0 Å². The van der Waals surface area contributed by atoms with E-state index >= 15 is 0 Å². The highest BCUT2D eigenvalue weighted by molar-refractivity contribution is 5.36. The van der Waals surface area contributed by atoms with Crippen LogP contribution in [-0.2, 0) is 12.8 Å². The van der Waals surface area contributed by atoms with Crippen LogP contribution in [0.4, 0.5) is 4.39 Å². The van der Waals surface area contributed by atoms with E-state index < -0.39 is 0 Å². The number of nitrogens with one attached hydrogen (secondary N) is 1. The molecule has 1 aromatic rings. The molecule has 1 unspecified atom stereocenters. The van der Waals surface area contributed by atoms with E-state index in [1.807, 2.05) is 0 Å². The van der Waals surface area contributed by atoms with E-state index in [-0.39, 0.29) is 11.9 Å². The summed E-state index contributed by atoms with van der Waals surface area (Å²) in [5.74, 6) is 0.0000463. The molecule has 2 heteroatoms. The van der Waals surface area contributed by atoms with Crippen molar-refractivity contribution < 1.29 is 4.39 Å². The van der Waals surface area contributed by atoms with Gasteiger partial charge < -0.3 is 5.32 Å². The van der Waals surface area contributed by atoms with Crippen LogP contribution in [0.5, 0.6) is 0 Å². The van der Waals surface area contributed by atoms with E-state index in [1.165, 1.54) is 30.4 Å². The first-order valence-corrected chi connectivity index (χ1v) is 6.39. The first kappa shape index (κ1) is 10.3. The Labute approximate surface area is 96.1 Å². The fourth-order valence-electron chi connectivity index (χ4n) is 2.99. The molecule has 1 heterocycles. The lowest BCUT2D eigenvalue weighted by Crippen LogP contribution is -2.16. The molecule has 1 aliphatic heterocycles. The lowest BCUT2D eigenvalue weighted by atomic mass is 9.88. The quantitative estimate of drug-likeness (QED) is 0.765. The summed E-state index contributed by atoms with van der Waals surface area (Å²) in [6.07, 6.45) is 6.92. The van der Waals surface area contributed by atoms with Crippen molar-refractivity contribution >= 4 is 0 Å². The second-order valence-electron chi connectivity index (χ2n) is 5.00. The van der Waals surface area contributed by atoms with Crippen molar-refractivity contribution in [2.45, 2.75) is 44.6 Å². The number of benzene rings is 1. The van der Waals surface area contributed by atoms with Gasteiger partial charge in [0.05, 0.1) is 0 Å². The van der Waals surface area contributed by atoms with Crippen LogP contribution in [0.1, 0.15) is 48.4 Å². The average molecular weight is 219 g/mol. The molecule has 2 aliphatic rings. The molecule has 1 atom stereocenters. The molecule has 0 aromatic heterocycles. The maximum absolute atomic E-state index is 14.0.